The van der Waals surface area contributed by atoms with Crippen LogP contribution in [0.25, 0.3) is 0 Å². The largest absolute Gasteiger partial charge is 0.493 e. The molecule has 0 aliphatic heterocycles. The van der Waals surface area contributed by atoms with Gasteiger partial charge in [0.1, 0.15) is 12.4 Å². The Balaban J connectivity index is 1.95. The number of aliphatic hydroxyl groups is 1. The molecule has 0 amide bonds. The maximum absolute atomic E-state index is 13.8. The van der Waals surface area contributed by atoms with Crippen molar-refractivity contribution >= 4 is 0 Å². The van der Waals surface area contributed by atoms with Crippen molar-refractivity contribution in [1.82, 2.24) is 10.6 Å². The van der Waals surface area contributed by atoms with Crippen LogP contribution in [-0.4, -0.2) is 38.0 Å². The van der Waals surface area contributed by atoms with Gasteiger partial charge in [-0.15, -0.1) is 0 Å². The van der Waals surface area contributed by atoms with Crippen molar-refractivity contribution in [3.8, 4) is 11.5 Å². The number of benzene rings is 2. The lowest BCUT2D eigenvalue weighted by Crippen LogP contribution is -2.31. The maximum atomic E-state index is 13.8. The summed E-state index contributed by atoms with van der Waals surface area (Å²) in [5, 5.41) is 15.7. The molecule has 0 fully saturated rings. The SMILES string of the molecule is COc1cccc(CNCCNCC(C)O)c1OCc1ccccc1F. The molecule has 2 rings (SSSR count). The van der Waals surface area contributed by atoms with Crippen molar-refractivity contribution in [2.45, 2.75) is 26.2 Å². The maximum Gasteiger partial charge on any atom is 0.166 e. The summed E-state index contributed by atoms with van der Waals surface area (Å²) in [5.74, 6) is 0.946. The summed E-state index contributed by atoms with van der Waals surface area (Å²) in [5.41, 5.74) is 1.44. The van der Waals surface area contributed by atoms with Gasteiger partial charge in [-0.1, -0.05) is 30.3 Å². The summed E-state index contributed by atoms with van der Waals surface area (Å²) in [6.45, 7) is 4.54. The van der Waals surface area contributed by atoms with Crippen molar-refractivity contribution in [3.05, 3.63) is 59.4 Å². The third kappa shape index (κ3) is 6.29. The summed E-state index contributed by atoms with van der Waals surface area (Å²) in [6.07, 6.45) is -0.355. The van der Waals surface area contributed by atoms with Crippen molar-refractivity contribution in [2.75, 3.05) is 26.7 Å². The van der Waals surface area contributed by atoms with E-state index in [9.17, 15) is 9.50 Å². The van der Waals surface area contributed by atoms with Gasteiger partial charge in [0.25, 0.3) is 0 Å². The first kappa shape index (κ1) is 20.2. The highest BCUT2D eigenvalue weighted by atomic mass is 19.1. The van der Waals surface area contributed by atoms with Crippen LogP contribution in [0.15, 0.2) is 42.5 Å². The van der Waals surface area contributed by atoms with Gasteiger partial charge in [-0.05, 0) is 19.1 Å². The summed E-state index contributed by atoms with van der Waals surface area (Å²) < 4.78 is 25.1. The molecule has 26 heavy (non-hydrogen) atoms. The minimum absolute atomic E-state index is 0.135. The first-order valence-corrected chi connectivity index (χ1v) is 8.73. The molecule has 1 atom stereocenters. The fourth-order valence-electron chi connectivity index (χ4n) is 2.50. The van der Waals surface area contributed by atoms with Crippen LogP contribution >= 0.6 is 0 Å². The molecular weight excluding hydrogens is 335 g/mol. The molecule has 142 valence electrons. The van der Waals surface area contributed by atoms with Gasteiger partial charge in [-0.2, -0.15) is 0 Å². The first-order valence-electron chi connectivity index (χ1n) is 8.73. The lowest BCUT2D eigenvalue weighted by molar-refractivity contribution is 0.191. The van der Waals surface area contributed by atoms with Crippen molar-refractivity contribution < 1.29 is 19.0 Å². The molecule has 2 aromatic carbocycles. The lowest BCUT2D eigenvalue weighted by Gasteiger charge is -2.16. The van der Waals surface area contributed by atoms with E-state index in [2.05, 4.69) is 10.6 Å². The van der Waals surface area contributed by atoms with Gasteiger partial charge in [0, 0.05) is 37.3 Å². The molecule has 6 heteroatoms. The monoisotopic (exact) mass is 362 g/mol. The Labute approximate surface area is 154 Å². The van der Waals surface area contributed by atoms with Gasteiger partial charge in [-0.25, -0.2) is 4.39 Å². The number of hydrogen-bond acceptors (Lipinski definition) is 5. The lowest BCUT2D eigenvalue weighted by atomic mass is 10.1. The Morgan fingerprint density at radius 2 is 1.77 bits per heavy atom. The minimum atomic E-state index is -0.355. The summed E-state index contributed by atoms with van der Waals surface area (Å²) in [7, 11) is 1.59. The van der Waals surface area contributed by atoms with E-state index < -0.39 is 0 Å². The second-order valence-electron chi connectivity index (χ2n) is 6.06. The van der Waals surface area contributed by atoms with E-state index in [0.29, 0.717) is 30.2 Å². The number of rotatable bonds is 11. The Kier molecular flexibility index (Phi) is 8.34. The Hall–Kier alpha value is -2.15. The second kappa shape index (κ2) is 10.8. The molecule has 5 nitrogen and oxygen atoms in total. The van der Waals surface area contributed by atoms with E-state index in [1.54, 1.807) is 32.2 Å². The molecule has 0 bridgehead atoms. The van der Waals surface area contributed by atoms with E-state index >= 15 is 0 Å². The Morgan fingerprint density at radius 1 is 1.04 bits per heavy atom. The van der Waals surface area contributed by atoms with Crippen LogP contribution in [-0.2, 0) is 13.2 Å². The van der Waals surface area contributed by atoms with Crippen molar-refractivity contribution in [2.24, 2.45) is 0 Å². The number of nitrogens with one attached hydrogen (secondary N) is 2. The third-order valence-corrected chi connectivity index (χ3v) is 3.84. The van der Waals surface area contributed by atoms with Gasteiger partial charge in [0.05, 0.1) is 13.2 Å². The molecule has 1 unspecified atom stereocenters. The highest BCUT2D eigenvalue weighted by molar-refractivity contribution is 5.46. The van der Waals surface area contributed by atoms with Crippen LogP contribution in [0, 0.1) is 5.82 Å². The van der Waals surface area contributed by atoms with E-state index in [1.165, 1.54) is 6.07 Å². The molecule has 0 aliphatic rings. The molecule has 0 radical (unpaired) electrons. The van der Waals surface area contributed by atoms with E-state index in [-0.39, 0.29) is 18.5 Å². The number of ether oxygens (including phenoxy) is 2. The molecule has 0 heterocycles. The van der Waals surface area contributed by atoms with Crippen LogP contribution in [0.5, 0.6) is 11.5 Å². The summed E-state index contributed by atoms with van der Waals surface area (Å²) in [4.78, 5) is 0. The normalized spacial score (nSPS) is 12.0. The predicted molar refractivity (Wildman–Crippen MR) is 100.0 cm³/mol. The zero-order valence-electron chi connectivity index (χ0n) is 15.3. The number of methoxy groups -OCH3 is 1. The summed E-state index contributed by atoms with van der Waals surface area (Å²) in [6, 6.07) is 12.2. The van der Waals surface area contributed by atoms with Gasteiger partial charge in [0.2, 0.25) is 0 Å². The predicted octanol–water partition coefficient (Wildman–Crippen LogP) is 2.47. The first-order chi connectivity index (χ1) is 12.6. The van der Waals surface area contributed by atoms with Crippen molar-refractivity contribution in [3.63, 3.8) is 0 Å². The molecule has 0 saturated heterocycles. The van der Waals surface area contributed by atoms with Gasteiger partial charge in [-0.3, -0.25) is 0 Å². The van der Waals surface area contributed by atoms with Crippen molar-refractivity contribution in [1.29, 1.82) is 0 Å². The molecule has 0 aliphatic carbocycles. The van der Waals surface area contributed by atoms with E-state index in [4.69, 9.17) is 9.47 Å². The average molecular weight is 362 g/mol. The van der Waals surface area contributed by atoms with Crippen LogP contribution < -0.4 is 20.1 Å². The van der Waals surface area contributed by atoms with Gasteiger partial charge in [0.15, 0.2) is 11.5 Å². The average Bonchev–Trinajstić information content (AvgIpc) is 2.64. The zero-order chi connectivity index (χ0) is 18.8. The van der Waals surface area contributed by atoms with Gasteiger partial charge >= 0.3 is 0 Å². The fourth-order valence-corrected chi connectivity index (χ4v) is 2.50. The van der Waals surface area contributed by atoms with E-state index in [1.807, 2.05) is 18.2 Å². The van der Waals surface area contributed by atoms with Gasteiger partial charge < -0.3 is 25.2 Å². The van der Waals surface area contributed by atoms with E-state index in [0.717, 1.165) is 18.7 Å². The standard InChI is InChI=1S/C20H27FN2O3/c1-15(24)12-22-10-11-23-13-16-7-5-9-19(25-2)20(16)26-14-17-6-3-4-8-18(17)21/h3-9,15,22-24H,10-14H2,1-2H3. The quantitative estimate of drug-likeness (QED) is 0.536. The van der Waals surface area contributed by atoms with Crippen LogP contribution in [0.1, 0.15) is 18.1 Å². The topological polar surface area (TPSA) is 62.8 Å². The molecule has 0 saturated carbocycles. The summed E-state index contributed by atoms with van der Waals surface area (Å²) >= 11 is 0. The number of para-hydroxylation sites is 1. The highest BCUT2D eigenvalue weighted by Crippen LogP contribution is 2.32. The molecule has 2 aromatic rings. The molecular formula is C20H27FN2O3. The number of aliphatic hydroxyl groups excluding tert-OH is 1. The smallest absolute Gasteiger partial charge is 0.166 e. The number of hydrogen-bond donors (Lipinski definition) is 3. The molecule has 0 spiro atoms. The Morgan fingerprint density at radius 3 is 2.50 bits per heavy atom. The minimum Gasteiger partial charge on any atom is -0.493 e. The molecule has 3 N–H and O–H groups in total. The third-order valence-electron chi connectivity index (χ3n) is 3.84. The second-order valence-corrected chi connectivity index (χ2v) is 6.06. The van der Waals surface area contributed by atoms with Crippen LogP contribution in [0.2, 0.25) is 0 Å². The fraction of sp³-hybridized carbons (Fsp3) is 0.400. The zero-order valence-corrected chi connectivity index (χ0v) is 15.3. The number of halogens is 1. The highest BCUT2D eigenvalue weighted by Gasteiger charge is 2.12. The van der Waals surface area contributed by atoms with Crippen LogP contribution in [0.4, 0.5) is 4.39 Å². The Bertz CT molecular complexity index is 680. The molecule has 0 aromatic heterocycles. The van der Waals surface area contributed by atoms with Crippen LogP contribution in [0.3, 0.4) is 0 Å².